The van der Waals surface area contributed by atoms with E-state index in [1.165, 1.54) is 0 Å². The molecule has 1 unspecified atom stereocenters. The highest BCUT2D eigenvalue weighted by atomic mass is 79.9. The van der Waals surface area contributed by atoms with Crippen molar-refractivity contribution in [1.29, 1.82) is 0 Å². The SMILES string of the molecule is Cc1ccc(C(=O)NCCCC(C)O)c(Br)c1. The van der Waals surface area contributed by atoms with E-state index in [0.29, 0.717) is 18.5 Å². The van der Waals surface area contributed by atoms with Gasteiger partial charge in [0, 0.05) is 11.0 Å². The van der Waals surface area contributed by atoms with Gasteiger partial charge in [0.15, 0.2) is 0 Å². The summed E-state index contributed by atoms with van der Waals surface area (Å²) in [5.41, 5.74) is 1.76. The quantitative estimate of drug-likeness (QED) is 0.821. The summed E-state index contributed by atoms with van der Waals surface area (Å²) in [6.45, 7) is 4.32. The molecule has 1 atom stereocenters. The second-order valence-corrected chi connectivity index (χ2v) is 5.08. The van der Waals surface area contributed by atoms with Gasteiger partial charge in [-0.15, -0.1) is 0 Å². The lowest BCUT2D eigenvalue weighted by molar-refractivity contribution is 0.0949. The molecule has 0 spiro atoms. The molecule has 0 fully saturated rings. The van der Waals surface area contributed by atoms with Crippen molar-refractivity contribution in [2.75, 3.05) is 6.54 Å². The summed E-state index contributed by atoms with van der Waals surface area (Å²) in [6, 6.07) is 5.64. The summed E-state index contributed by atoms with van der Waals surface area (Å²) in [6.07, 6.45) is 1.18. The number of rotatable bonds is 5. The first-order chi connectivity index (χ1) is 8.00. The molecule has 0 aliphatic carbocycles. The summed E-state index contributed by atoms with van der Waals surface area (Å²) in [7, 11) is 0. The van der Waals surface area contributed by atoms with Crippen molar-refractivity contribution in [3.63, 3.8) is 0 Å². The first kappa shape index (κ1) is 14.2. The van der Waals surface area contributed by atoms with Crippen LogP contribution in [0.2, 0.25) is 0 Å². The van der Waals surface area contributed by atoms with Crippen LogP contribution in [0.15, 0.2) is 22.7 Å². The molecule has 3 nitrogen and oxygen atoms in total. The fourth-order valence-corrected chi connectivity index (χ4v) is 2.17. The Hall–Kier alpha value is -0.870. The molecule has 0 radical (unpaired) electrons. The van der Waals surface area contributed by atoms with Crippen molar-refractivity contribution < 1.29 is 9.90 Å². The van der Waals surface area contributed by atoms with Crippen molar-refractivity contribution in [2.24, 2.45) is 0 Å². The molecule has 0 heterocycles. The summed E-state index contributed by atoms with van der Waals surface area (Å²) >= 11 is 3.38. The third kappa shape index (κ3) is 4.88. The number of amides is 1. The van der Waals surface area contributed by atoms with E-state index in [2.05, 4.69) is 21.2 Å². The molecule has 1 rings (SSSR count). The Kier molecular flexibility index (Phi) is 5.65. The van der Waals surface area contributed by atoms with E-state index in [1.807, 2.05) is 25.1 Å². The Morgan fingerprint density at radius 2 is 2.24 bits per heavy atom. The van der Waals surface area contributed by atoms with Gasteiger partial charge in [0.1, 0.15) is 0 Å². The van der Waals surface area contributed by atoms with Crippen molar-refractivity contribution >= 4 is 21.8 Å². The molecule has 94 valence electrons. The molecule has 1 aromatic rings. The highest BCUT2D eigenvalue weighted by molar-refractivity contribution is 9.10. The van der Waals surface area contributed by atoms with Crippen LogP contribution >= 0.6 is 15.9 Å². The van der Waals surface area contributed by atoms with Gasteiger partial charge in [0.2, 0.25) is 0 Å². The van der Waals surface area contributed by atoms with Crippen LogP contribution in [0.25, 0.3) is 0 Å². The standard InChI is InChI=1S/C13H18BrNO2/c1-9-5-6-11(12(14)8-9)13(17)15-7-3-4-10(2)16/h5-6,8,10,16H,3-4,7H2,1-2H3,(H,15,17). The number of aryl methyl sites for hydroxylation is 1. The lowest BCUT2D eigenvalue weighted by Gasteiger charge is -2.08. The van der Waals surface area contributed by atoms with E-state index in [1.54, 1.807) is 6.92 Å². The zero-order valence-electron chi connectivity index (χ0n) is 10.2. The molecular formula is C13H18BrNO2. The molecular weight excluding hydrogens is 282 g/mol. The van der Waals surface area contributed by atoms with Crippen molar-refractivity contribution in [3.8, 4) is 0 Å². The van der Waals surface area contributed by atoms with E-state index < -0.39 is 0 Å². The van der Waals surface area contributed by atoms with Gasteiger partial charge in [-0.25, -0.2) is 0 Å². The van der Waals surface area contributed by atoms with Gasteiger partial charge in [-0.05, 0) is 60.3 Å². The van der Waals surface area contributed by atoms with Crippen LogP contribution in [0.3, 0.4) is 0 Å². The van der Waals surface area contributed by atoms with Gasteiger partial charge in [-0.3, -0.25) is 4.79 Å². The van der Waals surface area contributed by atoms with Crippen molar-refractivity contribution in [1.82, 2.24) is 5.32 Å². The average molecular weight is 300 g/mol. The fraction of sp³-hybridized carbons (Fsp3) is 0.462. The van der Waals surface area contributed by atoms with E-state index >= 15 is 0 Å². The normalized spacial score (nSPS) is 12.2. The number of aliphatic hydroxyl groups excluding tert-OH is 1. The smallest absolute Gasteiger partial charge is 0.252 e. The maximum absolute atomic E-state index is 11.8. The summed E-state index contributed by atoms with van der Waals surface area (Å²) < 4.78 is 0.811. The van der Waals surface area contributed by atoms with Crippen LogP contribution in [0.1, 0.15) is 35.7 Å². The Morgan fingerprint density at radius 3 is 2.82 bits per heavy atom. The fourth-order valence-electron chi connectivity index (χ4n) is 1.50. The highest BCUT2D eigenvalue weighted by Crippen LogP contribution is 2.18. The van der Waals surface area contributed by atoms with Gasteiger partial charge in [0.25, 0.3) is 5.91 Å². The monoisotopic (exact) mass is 299 g/mol. The molecule has 0 bridgehead atoms. The maximum Gasteiger partial charge on any atom is 0.252 e. The molecule has 1 amide bonds. The molecule has 0 aliphatic heterocycles. The van der Waals surface area contributed by atoms with Gasteiger partial charge in [-0.2, -0.15) is 0 Å². The van der Waals surface area contributed by atoms with E-state index in [4.69, 9.17) is 5.11 Å². The second-order valence-electron chi connectivity index (χ2n) is 4.23. The Morgan fingerprint density at radius 1 is 1.53 bits per heavy atom. The largest absolute Gasteiger partial charge is 0.393 e. The summed E-state index contributed by atoms with van der Waals surface area (Å²) in [4.78, 5) is 11.8. The number of carbonyl (C=O) groups excluding carboxylic acids is 1. The first-order valence-corrected chi connectivity index (χ1v) is 6.52. The topological polar surface area (TPSA) is 49.3 Å². The van der Waals surface area contributed by atoms with Crippen LogP contribution in [0.4, 0.5) is 0 Å². The maximum atomic E-state index is 11.8. The molecule has 1 aromatic carbocycles. The van der Waals surface area contributed by atoms with E-state index in [0.717, 1.165) is 16.5 Å². The third-order valence-electron chi connectivity index (χ3n) is 2.45. The minimum atomic E-state index is -0.307. The summed E-state index contributed by atoms with van der Waals surface area (Å²) in [5.74, 6) is -0.0810. The zero-order valence-corrected chi connectivity index (χ0v) is 11.8. The van der Waals surface area contributed by atoms with Gasteiger partial charge in [0.05, 0.1) is 11.7 Å². The second kappa shape index (κ2) is 6.77. The first-order valence-electron chi connectivity index (χ1n) is 5.73. The molecule has 2 N–H and O–H groups in total. The average Bonchev–Trinajstić information content (AvgIpc) is 2.23. The van der Waals surface area contributed by atoms with Crippen molar-refractivity contribution in [3.05, 3.63) is 33.8 Å². The van der Waals surface area contributed by atoms with E-state index in [-0.39, 0.29) is 12.0 Å². The Bertz CT molecular complexity index is 391. The predicted molar refractivity (Wildman–Crippen MR) is 72.1 cm³/mol. The van der Waals surface area contributed by atoms with Crippen LogP contribution in [0, 0.1) is 6.92 Å². The van der Waals surface area contributed by atoms with Crippen LogP contribution in [-0.2, 0) is 0 Å². The van der Waals surface area contributed by atoms with Crippen LogP contribution in [-0.4, -0.2) is 23.7 Å². The number of hydrogen-bond acceptors (Lipinski definition) is 2. The lowest BCUT2D eigenvalue weighted by atomic mass is 10.1. The van der Waals surface area contributed by atoms with E-state index in [9.17, 15) is 4.79 Å². The zero-order chi connectivity index (χ0) is 12.8. The molecule has 0 saturated carbocycles. The molecule has 4 heteroatoms. The van der Waals surface area contributed by atoms with Gasteiger partial charge < -0.3 is 10.4 Å². The lowest BCUT2D eigenvalue weighted by Crippen LogP contribution is -2.25. The number of benzene rings is 1. The molecule has 0 aromatic heterocycles. The minimum absolute atomic E-state index is 0.0810. The highest BCUT2D eigenvalue weighted by Gasteiger charge is 2.09. The number of carbonyl (C=O) groups is 1. The minimum Gasteiger partial charge on any atom is -0.393 e. The number of halogens is 1. The van der Waals surface area contributed by atoms with Crippen molar-refractivity contribution in [2.45, 2.75) is 32.8 Å². The number of hydrogen-bond donors (Lipinski definition) is 2. The van der Waals surface area contributed by atoms with Crippen LogP contribution in [0.5, 0.6) is 0 Å². The van der Waals surface area contributed by atoms with Crippen LogP contribution < -0.4 is 5.32 Å². The summed E-state index contributed by atoms with van der Waals surface area (Å²) in [5, 5.41) is 11.9. The third-order valence-corrected chi connectivity index (χ3v) is 3.11. The molecule has 0 saturated heterocycles. The number of nitrogens with one attached hydrogen (secondary N) is 1. The predicted octanol–water partition coefficient (Wildman–Crippen LogP) is 2.65. The van der Waals surface area contributed by atoms with Gasteiger partial charge in [-0.1, -0.05) is 6.07 Å². The number of aliphatic hydroxyl groups is 1. The molecule has 0 aliphatic rings. The van der Waals surface area contributed by atoms with Gasteiger partial charge >= 0.3 is 0 Å². The molecule has 17 heavy (non-hydrogen) atoms. The Labute approximate surface area is 110 Å². The Balaban J connectivity index is 2.47.